The maximum atomic E-state index is 13.3. The van der Waals surface area contributed by atoms with Crippen molar-refractivity contribution in [3.8, 4) is 0 Å². The van der Waals surface area contributed by atoms with Crippen molar-refractivity contribution in [3.05, 3.63) is 72.6 Å². The van der Waals surface area contributed by atoms with Crippen LogP contribution in [0.25, 0.3) is 11.0 Å². The van der Waals surface area contributed by atoms with Gasteiger partial charge in [-0.25, -0.2) is 19.3 Å². The van der Waals surface area contributed by atoms with E-state index in [9.17, 15) is 4.39 Å². The second kappa shape index (κ2) is 9.91. The summed E-state index contributed by atoms with van der Waals surface area (Å²) >= 11 is 0. The molecule has 1 saturated heterocycles. The minimum Gasteiger partial charge on any atom is -0.353 e. The van der Waals surface area contributed by atoms with Gasteiger partial charge in [0, 0.05) is 50.8 Å². The molecule has 170 valence electrons. The number of nitrogens with zero attached hydrogens (tertiary/aromatic N) is 6. The Kier molecular flexibility index (Phi) is 6.39. The Morgan fingerprint density at radius 3 is 2.58 bits per heavy atom. The first-order valence-electron chi connectivity index (χ1n) is 11.3. The number of aromatic nitrogens is 5. The summed E-state index contributed by atoms with van der Waals surface area (Å²) < 4.78 is 15.5. The second-order valence-corrected chi connectivity index (χ2v) is 8.27. The summed E-state index contributed by atoms with van der Waals surface area (Å²) in [6, 6.07) is 10.8. The fourth-order valence-corrected chi connectivity index (χ4v) is 4.22. The van der Waals surface area contributed by atoms with Gasteiger partial charge >= 0.3 is 0 Å². The zero-order chi connectivity index (χ0) is 22.5. The van der Waals surface area contributed by atoms with E-state index < -0.39 is 0 Å². The summed E-state index contributed by atoms with van der Waals surface area (Å²) in [5.41, 5.74) is 2.90. The Balaban J connectivity index is 1.20. The lowest BCUT2D eigenvalue weighted by atomic mass is 10.1. The minimum atomic E-state index is -0.227. The Morgan fingerprint density at radius 2 is 1.79 bits per heavy atom. The highest BCUT2D eigenvalue weighted by molar-refractivity contribution is 5.77. The Morgan fingerprint density at radius 1 is 1.00 bits per heavy atom. The number of likely N-dealkylation sites (tertiary alicyclic amines) is 1. The lowest BCUT2D eigenvalue weighted by Gasteiger charge is -2.32. The van der Waals surface area contributed by atoms with Gasteiger partial charge in [-0.3, -0.25) is 4.98 Å². The maximum absolute atomic E-state index is 13.3. The van der Waals surface area contributed by atoms with Gasteiger partial charge in [0.15, 0.2) is 0 Å². The Hall–Kier alpha value is -3.59. The molecular formula is C24H27FN8. The summed E-state index contributed by atoms with van der Waals surface area (Å²) in [6.07, 6.45) is 9.13. The van der Waals surface area contributed by atoms with Crippen molar-refractivity contribution < 1.29 is 4.39 Å². The molecule has 9 heteroatoms. The molecular weight excluding hydrogens is 419 g/mol. The highest BCUT2D eigenvalue weighted by atomic mass is 19.1. The van der Waals surface area contributed by atoms with Crippen molar-refractivity contribution in [3.63, 3.8) is 0 Å². The lowest BCUT2D eigenvalue weighted by molar-refractivity contribution is 0.226. The van der Waals surface area contributed by atoms with E-state index in [1.54, 1.807) is 24.8 Å². The van der Waals surface area contributed by atoms with E-state index in [1.807, 2.05) is 24.3 Å². The van der Waals surface area contributed by atoms with Crippen LogP contribution in [0.5, 0.6) is 0 Å². The van der Waals surface area contributed by atoms with E-state index in [1.165, 1.54) is 12.1 Å². The van der Waals surface area contributed by atoms with E-state index in [2.05, 4.69) is 35.1 Å². The quantitative estimate of drug-likeness (QED) is 0.429. The number of pyridine rings is 1. The number of fused-ring (bicyclic) bond motifs is 1. The summed E-state index contributed by atoms with van der Waals surface area (Å²) in [4.78, 5) is 19.9. The van der Waals surface area contributed by atoms with Crippen LogP contribution in [-0.4, -0.2) is 61.6 Å². The van der Waals surface area contributed by atoms with Gasteiger partial charge in [0.05, 0.1) is 18.3 Å². The molecule has 0 atom stereocenters. The number of nitrogens with one attached hydrogen (secondary N) is 2. The van der Waals surface area contributed by atoms with Crippen molar-refractivity contribution >= 4 is 22.9 Å². The van der Waals surface area contributed by atoms with Crippen LogP contribution < -0.4 is 10.6 Å². The van der Waals surface area contributed by atoms with Crippen LogP contribution in [0.2, 0.25) is 0 Å². The van der Waals surface area contributed by atoms with Crippen LogP contribution in [0.3, 0.4) is 0 Å². The minimum absolute atomic E-state index is 0.227. The predicted octanol–water partition coefficient (Wildman–Crippen LogP) is 3.40. The molecule has 0 bridgehead atoms. The third kappa shape index (κ3) is 5.25. The standard InChI is InChI=1S/C24H27FN8/c25-19-4-2-18(3-5-19)17-33-22-6-11-26-16-21(22)31-24(33)30-20-7-13-32(14-8-20)15-12-29-23-27-9-1-10-28-23/h1-6,9-11,16,20H,7-8,12-15,17H2,(H,30,31)(H,27,28,29). The van der Waals surface area contributed by atoms with Crippen molar-refractivity contribution in [2.45, 2.75) is 25.4 Å². The van der Waals surface area contributed by atoms with Gasteiger partial charge in [-0.15, -0.1) is 0 Å². The van der Waals surface area contributed by atoms with Gasteiger partial charge in [0.1, 0.15) is 11.3 Å². The highest BCUT2D eigenvalue weighted by Crippen LogP contribution is 2.23. The summed E-state index contributed by atoms with van der Waals surface area (Å²) in [5.74, 6) is 1.28. The maximum Gasteiger partial charge on any atom is 0.222 e. The zero-order valence-electron chi connectivity index (χ0n) is 18.4. The molecule has 0 saturated carbocycles. The molecule has 1 fully saturated rings. The summed E-state index contributed by atoms with van der Waals surface area (Å²) in [7, 11) is 0. The smallest absolute Gasteiger partial charge is 0.222 e. The first-order valence-corrected chi connectivity index (χ1v) is 11.3. The van der Waals surface area contributed by atoms with Crippen molar-refractivity contribution in [1.29, 1.82) is 0 Å². The normalized spacial score (nSPS) is 15.1. The van der Waals surface area contributed by atoms with Crippen molar-refractivity contribution in [2.24, 2.45) is 0 Å². The van der Waals surface area contributed by atoms with Crippen LogP contribution in [-0.2, 0) is 6.54 Å². The average Bonchev–Trinajstić information content (AvgIpc) is 3.19. The van der Waals surface area contributed by atoms with Crippen molar-refractivity contribution in [2.75, 3.05) is 36.8 Å². The van der Waals surface area contributed by atoms with Gasteiger partial charge in [-0.2, -0.15) is 0 Å². The Labute approximate surface area is 191 Å². The van der Waals surface area contributed by atoms with Crippen molar-refractivity contribution in [1.82, 2.24) is 29.4 Å². The topological polar surface area (TPSA) is 83.8 Å². The molecule has 1 aliphatic rings. The molecule has 33 heavy (non-hydrogen) atoms. The number of imidazole rings is 1. The molecule has 4 aromatic rings. The number of benzene rings is 1. The molecule has 0 spiro atoms. The molecule has 4 heterocycles. The highest BCUT2D eigenvalue weighted by Gasteiger charge is 2.21. The van der Waals surface area contributed by atoms with Gasteiger partial charge in [0.2, 0.25) is 11.9 Å². The molecule has 1 aromatic carbocycles. The largest absolute Gasteiger partial charge is 0.353 e. The number of rotatable bonds is 8. The molecule has 0 unspecified atom stereocenters. The van der Waals surface area contributed by atoms with Gasteiger partial charge in [0.25, 0.3) is 0 Å². The van der Waals surface area contributed by atoms with Crippen LogP contribution in [0.15, 0.2) is 61.2 Å². The first-order chi connectivity index (χ1) is 16.2. The number of anilines is 2. The number of halogens is 1. The Bertz CT molecular complexity index is 1170. The molecule has 2 N–H and O–H groups in total. The SMILES string of the molecule is Fc1ccc(Cn2c(NC3CCN(CCNc4ncccn4)CC3)nc3cnccc32)cc1. The first kappa shape index (κ1) is 21.3. The second-order valence-electron chi connectivity index (χ2n) is 8.27. The summed E-state index contributed by atoms with van der Waals surface area (Å²) in [5, 5.41) is 6.93. The third-order valence-electron chi connectivity index (χ3n) is 6.00. The van der Waals surface area contributed by atoms with E-state index in [0.29, 0.717) is 18.5 Å². The van der Waals surface area contributed by atoms with E-state index in [4.69, 9.17) is 4.98 Å². The number of hydrogen-bond donors (Lipinski definition) is 2. The summed E-state index contributed by atoms with van der Waals surface area (Å²) in [6.45, 7) is 4.45. The van der Waals surface area contributed by atoms with Crippen LogP contribution in [0.4, 0.5) is 16.3 Å². The fraction of sp³-hybridized carbons (Fsp3) is 0.333. The van der Waals surface area contributed by atoms with E-state index >= 15 is 0 Å². The monoisotopic (exact) mass is 446 g/mol. The molecule has 0 amide bonds. The average molecular weight is 447 g/mol. The fourth-order valence-electron chi connectivity index (χ4n) is 4.22. The molecule has 0 radical (unpaired) electrons. The van der Waals surface area contributed by atoms with Gasteiger partial charge < -0.3 is 20.1 Å². The zero-order valence-corrected chi connectivity index (χ0v) is 18.4. The van der Waals surface area contributed by atoms with Gasteiger partial charge in [-0.05, 0) is 42.7 Å². The van der Waals surface area contributed by atoms with Crippen LogP contribution >= 0.6 is 0 Å². The number of piperidine rings is 1. The van der Waals surface area contributed by atoms with Gasteiger partial charge in [-0.1, -0.05) is 12.1 Å². The van der Waals surface area contributed by atoms with Crippen LogP contribution in [0, 0.1) is 5.82 Å². The van der Waals surface area contributed by atoms with Crippen LogP contribution in [0.1, 0.15) is 18.4 Å². The van der Waals surface area contributed by atoms with E-state index in [-0.39, 0.29) is 5.82 Å². The number of hydrogen-bond acceptors (Lipinski definition) is 7. The van der Waals surface area contributed by atoms with E-state index in [0.717, 1.165) is 61.6 Å². The molecule has 5 rings (SSSR count). The molecule has 0 aliphatic carbocycles. The predicted molar refractivity (Wildman–Crippen MR) is 127 cm³/mol. The lowest BCUT2D eigenvalue weighted by Crippen LogP contribution is -2.41. The third-order valence-corrected chi connectivity index (χ3v) is 6.00. The molecule has 1 aliphatic heterocycles. The molecule has 3 aromatic heterocycles. The molecule has 8 nitrogen and oxygen atoms in total.